The van der Waals surface area contributed by atoms with E-state index in [0.717, 1.165) is 32.4 Å². The summed E-state index contributed by atoms with van der Waals surface area (Å²) >= 11 is 5.94. The molecule has 2 amide bonds. The van der Waals surface area contributed by atoms with Crippen molar-refractivity contribution in [3.63, 3.8) is 0 Å². The van der Waals surface area contributed by atoms with Gasteiger partial charge in [0, 0.05) is 24.7 Å². The summed E-state index contributed by atoms with van der Waals surface area (Å²) in [5, 5.41) is 16.9. The number of rotatable bonds is 4. The minimum absolute atomic E-state index is 0.0156. The summed E-state index contributed by atoms with van der Waals surface area (Å²) in [5.74, 6) is -0.884. The minimum atomic E-state index is -0.717. The van der Waals surface area contributed by atoms with Gasteiger partial charge in [-0.2, -0.15) is 0 Å². The molecule has 2 fully saturated rings. The second-order valence-electron chi connectivity index (χ2n) is 6.25. The number of carbonyl (C=O) groups excluding carboxylic acids is 2. The molecule has 3 rings (SSSR count). The van der Waals surface area contributed by atoms with Crippen LogP contribution in [0.4, 0.5) is 5.69 Å². The van der Waals surface area contributed by atoms with E-state index < -0.39 is 10.8 Å². The number of hydrogen-bond acceptors (Lipinski definition) is 5. The molecule has 1 aromatic carbocycles. The van der Waals surface area contributed by atoms with Crippen molar-refractivity contribution in [3.05, 3.63) is 38.9 Å². The summed E-state index contributed by atoms with van der Waals surface area (Å²) in [6.45, 7) is 1.43. The van der Waals surface area contributed by atoms with Crippen LogP contribution in [-0.2, 0) is 4.79 Å². The first-order valence-electron chi connectivity index (χ1n) is 8.22. The van der Waals surface area contributed by atoms with Gasteiger partial charge in [0.1, 0.15) is 5.56 Å². The third kappa shape index (κ3) is 3.59. The van der Waals surface area contributed by atoms with Crippen LogP contribution in [0.25, 0.3) is 0 Å². The Bertz CT molecular complexity index is 697. The molecule has 9 heteroatoms. The largest absolute Gasteiger partial charge is 0.343 e. The number of hydrogen-bond donors (Lipinski definition) is 2. The summed E-state index contributed by atoms with van der Waals surface area (Å²) in [6, 6.07) is 4.37. The van der Waals surface area contributed by atoms with Crippen LogP contribution in [-0.4, -0.2) is 53.4 Å². The molecular formula is C16H19ClN4O4. The highest BCUT2D eigenvalue weighted by molar-refractivity contribution is 6.34. The molecule has 2 saturated heterocycles. The van der Waals surface area contributed by atoms with Gasteiger partial charge in [-0.05, 0) is 31.9 Å². The number of amides is 2. The average molecular weight is 367 g/mol. The van der Waals surface area contributed by atoms with Crippen LogP contribution >= 0.6 is 11.6 Å². The highest BCUT2D eigenvalue weighted by atomic mass is 35.5. The fourth-order valence-electron chi connectivity index (χ4n) is 3.61. The van der Waals surface area contributed by atoms with Gasteiger partial charge >= 0.3 is 0 Å². The average Bonchev–Trinajstić information content (AvgIpc) is 2.84. The first-order chi connectivity index (χ1) is 12.0. The summed E-state index contributed by atoms with van der Waals surface area (Å²) < 4.78 is 0. The van der Waals surface area contributed by atoms with Gasteiger partial charge in [0.15, 0.2) is 0 Å². The maximum absolute atomic E-state index is 12.6. The Hall–Kier alpha value is -2.19. The van der Waals surface area contributed by atoms with Crippen LogP contribution in [0.5, 0.6) is 0 Å². The zero-order valence-corrected chi connectivity index (χ0v) is 14.3. The van der Waals surface area contributed by atoms with E-state index in [1.54, 1.807) is 0 Å². The lowest BCUT2D eigenvalue weighted by molar-refractivity contribution is -0.385. The van der Waals surface area contributed by atoms with E-state index in [1.165, 1.54) is 18.2 Å². The summed E-state index contributed by atoms with van der Waals surface area (Å²) in [4.78, 5) is 37.2. The minimum Gasteiger partial charge on any atom is -0.343 e. The molecule has 134 valence electrons. The molecule has 2 atom stereocenters. The number of nitrogens with one attached hydrogen (secondary N) is 2. The van der Waals surface area contributed by atoms with E-state index in [1.807, 2.05) is 4.90 Å². The van der Waals surface area contributed by atoms with Crippen molar-refractivity contribution in [3.8, 4) is 0 Å². The molecule has 0 aliphatic carbocycles. The van der Waals surface area contributed by atoms with Crippen LogP contribution in [0.1, 0.15) is 29.6 Å². The fraction of sp³-hybridized carbons (Fsp3) is 0.500. The maximum Gasteiger partial charge on any atom is 0.283 e. The monoisotopic (exact) mass is 366 g/mol. The lowest BCUT2D eigenvalue weighted by Crippen LogP contribution is -2.47. The molecule has 8 nitrogen and oxygen atoms in total. The summed E-state index contributed by atoms with van der Waals surface area (Å²) in [6.07, 6.45) is 2.82. The van der Waals surface area contributed by atoms with Crippen molar-refractivity contribution in [2.75, 3.05) is 19.6 Å². The molecule has 0 radical (unpaired) electrons. The van der Waals surface area contributed by atoms with Gasteiger partial charge in [-0.3, -0.25) is 19.7 Å². The van der Waals surface area contributed by atoms with Gasteiger partial charge in [0.2, 0.25) is 5.91 Å². The Labute approximate surface area is 149 Å². The number of carbonyl (C=O) groups is 2. The number of nitrogens with zero attached hydrogens (tertiary/aromatic N) is 2. The normalized spacial score (nSPS) is 22.4. The molecule has 1 aromatic rings. The number of nitro benzene ring substituents is 1. The Morgan fingerprint density at radius 2 is 2.08 bits per heavy atom. The maximum atomic E-state index is 12.6. The van der Waals surface area contributed by atoms with E-state index >= 15 is 0 Å². The van der Waals surface area contributed by atoms with Gasteiger partial charge in [-0.1, -0.05) is 17.7 Å². The molecule has 2 unspecified atom stereocenters. The summed E-state index contributed by atoms with van der Waals surface area (Å²) in [7, 11) is 0. The van der Waals surface area contributed by atoms with Crippen LogP contribution in [0.15, 0.2) is 18.2 Å². The van der Waals surface area contributed by atoms with Crippen molar-refractivity contribution in [2.45, 2.75) is 31.3 Å². The van der Waals surface area contributed by atoms with Crippen molar-refractivity contribution in [1.82, 2.24) is 15.5 Å². The third-order valence-electron chi connectivity index (χ3n) is 4.76. The van der Waals surface area contributed by atoms with Crippen LogP contribution < -0.4 is 10.6 Å². The standard InChI is InChI=1S/C16H19ClN4O4/c17-12-2-1-3-13(21(24)25)15(12)16(23)19-9-14(22)20-10-4-5-11(20)8-18-7-6-10/h1-3,10-11,18H,4-9H2,(H,19,23). The van der Waals surface area contributed by atoms with E-state index in [4.69, 9.17) is 11.6 Å². The SMILES string of the molecule is O=C(NCC(=O)N1C2CCNCC1CC2)c1c(Cl)cccc1[N+](=O)[O-]. The van der Waals surface area contributed by atoms with Crippen molar-refractivity contribution < 1.29 is 14.5 Å². The Balaban J connectivity index is 1.69. The predicted octanol–water partition coefficient (Wildman–Crippen LogP) is 1.33. The highest BCUT2D eigenvalue weighted by Crippen LogP contribution is 2.28. The van der Waals surface area contributed by atoms with E-state index in [0.29, 0.717) is 0 Å². The Kier molecular flexibility index (Phi) is 5.19. The zero-order chi connectivity index (χ0) is 18.0. The zero-order valence-electron chi connectivity index (χ0n) is 13.5. The molecule has 2 aliphatic rings. The molecule has 2 bridgehead atoms. The van der Waals surface area contributed by atoms with Gasteiger partial charge < -0.3 is 15.5 Å². The topological polar surface area (TPSA) is 105 Å². The quantitative estimate of drug-likeness (QED) is 0.618. The predicted molar refractivity (Wildman–Crippen MR) is 91.6 cm³/mol. The van der Waals surface area contributed by atoms with Crippen molar-refractivity contribution >= 4 is 29.1 Å². The molecule has 0 spiro atoms. The summed E-state index contributed by atoms with van der Waals surface area (Å²) in [5.41, 5.74) is -0.598. The lowest BCUT2D eigenvalue weighted by Gasteiger charge is -2.28. The van der Waals surface area contributed by atoms with Crippen molar-refractivity contribution in [2.24, 2.45) is 0 Å². The first kappa shape index (κ1) is 17.6. The molecule has 25 heavy (non-hydrogen) atoms. The number of benzene rings is 1. The number of halogens is 1. The Morgan fingerprint density at radius 3 is 2.84 bits per heavy atom. The smallest absolute Gasteiger partial charge is 0.283 e. The van der Waals surface area contributed by atoms with Crippen LogP contribution in [0.2, 0.25) is 5.02 Å². The highest BCUT2D eigenvalue weighted by Gasteiger charge is 2.38. The molecular weight excluding hydrogens is 348 g/mol. The fourth-order valence-corrected chi connectivity index (χ4v) is 3.87. The van der Waals surface area contributed by atoms with Gasteiger partial charge in [0.05, 0.1) is 16.5 Å². The lowest BCUT2D eigenvalue weighted by atomic mass is 10.1. The molecule has 2 aliphatic heterocycles. The second kappa shape index (κ2) is 7.37. The molecule has 0 saturated carbocycles. The number of nitro groups is 1. The van der Waals surface area contributed by atoms with Gasteiger partial charge in [-0.25, -0.2) is 0 Å². The van der Waals surface area contributed by atoms with Crippen LogP contribution in [0, 0.1) is 10.1 Å². The van der Waals surface area contributed by atoms with Crippen molar-refractivity contribution in [1.29, 1.82) is 0 Å². The molecule has 2 N–H and O–H groups in total. The van der Waals surface area contributed by atoms with E-state index in [2.05, 4.69) is 10.6 Å². The second-order valence-corrected chi connectivity index (χ2v) is 6.66. The molecule has 0 aromatic heterocycles. The van der Waals surface area contributed by atoms with E-state index in [9.17, 15) is 19.7 Å². The molecule has 2 heterocycles. The van der Waals surface area contributed by atoms with Gasteiger partial charge in [0.25, 0.3) is 11.6 Å². The first-order valence-corrected chi connectivity index (χ1v) is 8.60. The Morgan fingerprint density at radius 1 is 1.32 bits per heavy atom. The number of fused-ring (bicyclic) bond motifs is 2. The van der Waals surface area contributed by atoms with Gasteiger partial charge in [-0.15, -0.1) is 0 Å². The third-order valence-corrected chi connectivity index (χ3v) is 5.07. The van der Waals surface area contributed by atoms with Crippen LogP contribution in [0.3, 0.4) is 0 Å². The van der Waals surface area contributed by atoms with E-state index in [-0.39, 0.29) is 40.8 Å².